The average molecular weight is 402 g/mol. The number of carbonyl (C=O) groups excluding carboxylic acids is 1. The van der Waals surface area contributed by atoms with Crippen LogP contribution in [0.1, 0.15) is 28.8 Å². The zero-order valence-corrected chi connectivity index (χ0v) is 17.1. The van der Waals surface area contributed by atoms with E-state index in [4.69, 9.17) is 5.73 Å². The summed E-state index contributed by atoms with van der Waals surface area (Å²) in [6.07, 6.45) is 3.60. The fourth-order valence-electron chi connectivity index (χ4n) is 3.92. The zero-order chi connectivity index (χ0) is 21.1. The molecule has 0 bridgehead atoms. The highest BCUT2D eigenvalue weighted by Crippen LogP contribution is 2.27. The van der Waals surface area contributed by atoms with Crippen molar-refractivity contribution >= 4 is 5.91 Å². The summed E-state index contributed by atoms with van der Waals surface area (Å²) in [7, 11) is 0. The summed E-state index contributed by atoms with van der Waals surface area (Å²) >= 11 is 0. The minimum atomic E-state index is 0.0402. The molecule has 1 atom stereocenters. The van der Waals surface area contributed by atoms with E-state index in [1.165, 1.54) is 6.33 Å². The minimum Gasteiger partial charge on any atom is -0.508 e. The lowest BCUT2D eigenvalue weighted by Crippen LogP contribution is -2.42. The van der Waals surface area contributed by atoms with E-state index in [1.54, 1.807) is 6.07 Å². The summed E-state index contributed by atoms with van der Waals surface area (Å²) in [4.78, 5) is 23.7. The first-order valence-electron chi connectivity index (χ1n) is 10.3. The van der Waals surface area contributed by atoms with Crippen LogP contribution in [0.25, 0.3) is 22.5 Å². The number of aromatic hydroxyl groups is 1. The summed E-state index contributed by atoms with van der Waals surface area (Å²) < 4.78 is 0. The van der Waals surface area contributed by atoms with Crippen molar-refractivity contribution in [3.8, 4) is 28.3 Å². The van der Waals surface area contributed by atoms with Gasteiger partial charge in [-0.05, 0) is 74.2 Å². The quantitative estimate of drug-likeness (QED) is 0.695. The third kappa shape index (κ3) is 4.19. The summed E-state index contributed by atoms with van der Waals surface area (Å²) in [5.41, 5.74) is 10.6. The van der Waals surface area contributed by atoms with E-state index < -0.39 is 0 Å². The third-order valence-electron chi connectivity index (χ3n) is 5.70. The third-order valence-corrected chi connectivity index (χ3v) is 5.70. The van der Waals surface area contributed by atoms with Gasteiger partial charge < -0.3 is 15.7 Å². The first kappa shape index (κ1) is 20.0. The molecular weight excluding hydrogens is 376 g/mol. The molecule has 1 saturated heterocycles. The summed E-state index contributed by atoms with van der Waals surface area (Å²) in [6, 6.07) is 14.9. The van der Waals surface area contributed by atoms with Gasteiger partial charge in [0.05, 0.1) is 11.4 Å². The van der Waals surface area contributed by atoms with Crippen molar-refractivity contribution in [1.29, 1.82) is 0 Å². The minimum absolute atomic E-state index is 0.0402. The van der Waals surface area contributed by atoms with Crippen LogP contribution < -0.4 is 5.73 Å². The first-order valence-corrected chi connectivity index (χ1v) is 10.3. The van der Waals surface area contributed by atoms with E-state index in [9.17, 15) is 9.90 Å². The lowest BCUT2D eigenvalue weighted by atomic mass is 9.97. The molecule has 4 rings (SSSR count). The monoisotopic (exact) mass is 402 g/mol. The fraction of sp³-hybridized carbons (Fsp3) is 0.292. The second-order valence-electron chi connectivity index (χ2n) is 7.87. The molecule has 1 aromatic heterocycles. The number of carbonyl (C=O) groups is 1. The molecule has 2 aromatic carbocycles. The van der Waals surface area contributed by atoms with E-state index in [1.807, 2.05) is 54.3 Å². The van der Waals surface area contributed by atoms with E-state index >= 15 is 0 Å². The van der Waals surface area contributed by atoms with E-state index in [2.05, 4.69) is 9.97 Å². The number of phenols is 1. The lowest BCUT2D eigenvalue weighted by Gasteiger charge is -2.32. The number of rotatable bonds is 4. The predicted octanol–water partition coefficient (Wildman–Crippen LogP) is 3.64. The molecule has 30 heavy (non-hydrogen) atoms. The molecule has 3 N–H and O–H groups in total. The molecule has 1 amide bonds. The molecule has 1 aliphatic heterocycles. The Balaban J connectivity index is 1.61. The first-order chi connectivity index (χ1) is 14.5. The molecule has 1 aliphatic rings. The Morgan fingerprint density at radius 2 is 1.90 bits per heavy atom. The summed E-state index contributed by atoms with van der Waals surface area (Å²) in [6.45, 7) is 3.96. The number of likely N-dealkylation sites (tertiary alicyclic amines) is 1. The number of aromatic nitrogens is 2. The molecule has 0 radical (unpaired) electrons. The molecule has 1 fully saturated rings. The van der Waals surface area contributed by atoms with Crippen LogP contribution in [0.2, 0.25) is 0 Å². The van der Waals surface area contributed by atoms with Gasteiger partial charge in [-0.25, -0.2) is 9.97 Å². The Bertz CT molecular complexity index is 1070. The highest BCUT2D eigenvalue weighted by atomic mass is 16.3. The number of benzene rings is 2. The van der Waals surface area contributed by atoms with Gasteiger partial charge in [0.2, 0.25) is 0 Å². The SMILES string of the molecule is Cc1cc(-c2cc(-c3cccc(C(=O)N4CCCC(CN)C4)c3)ncn2)ccc1O. The van der Waals surface area contributed by atoms with Crippen LogP contribution in [-0.2, 0) is 0 Å². The van der Waals surface area contributed by atoms with Crippen LogP contribution in [0.15, 0.2) is 54.9 Å². The molecule has 6 heteroatoms. The highest BCUT2D eigenvalue weighted by molar-refractivity contribution is 5.95. The Kier molecular flexibility index (Phi) is 5.77. The maximum Gasteiger partial charge on any atom is 0.253 e. The Hall–Kier alpha value is -3.25. The lowest BCUT2D eigenvalue weighted by molar-refractivity contribution is 0.0678. The van der Waals surface area contributed by atoms with Crippen molar-refractivity contribution in [2.75, 3.05) is 19.6 Å². The second-order valence-corrected chi connectivity index (χ2v) is 7.87. The van der Waals surface area contributed by atoms with Gasteiger partial charge in [-0.15, -0.1) is 0 Å². The number of aryl methyl sites for hydroxylation is 1. The fourth-order valence-corrected chi connectivity index (χ4v) is 3.92. The maximum atomic E-state index is 13.0. The largest absolute Gasteiger partial charge is 0.508 e. The summed E-state index contributed by atoms with van der Waals surface area (Å²) in [5.74, 6) is 0.677. The normalized spacial score (nSPS) is 16.5. The van der Waals surface area contributed by atoms with Gasteiger partial charge in [-0.3, -0.25) is 4.79 Å². The topological polar surface area (TPSA) is 92.3 Å². The van der Waals surface area contributed by atoms with Crippen molar-refractivity contribution in [2.45, 2.75) is 19.8 Å². The van der Waals surface area contributed by atoms with Crippen molar-refractivity contribution < 1.29 is 9.90 Å². The molecule has 1 unspecified atom stereocenters. The van der Waals surface area contributed by atoms with Crippen molar-refractivity contribution in [3.05, 3.63) is 66.0 Å². The standard InChI is InChI=1S/C24H26N4O2/c1-16-10-19(7-8-23(16)29)22-12-21(26-15-27-22)18-5-2-6-20(11-18)24(30)28-9-3-4-17(13-25)14-28/h2,5-8,10-12,15,17,29H,3-4,9,13-14,25H2,1H3. The number of piperidine rings is 1. The van der Waals surface area contributed by atoms with Crippen LogP contribution in [0.4, 0.5) is 0 Å². The molecule has 154 valence electrons. The van der Waals surface area contributed by atoms with Crippen LogP contribution in [0.3, 0.4) is 0 Å². The number of amides is 1. The molecule has 0 saturated carbocycles. The molecule has 6 nitrogen and oxygen atoms in total. The van der Waals surface area contributed by atoms with Crippen LogP contribution in [0.5, 0.6) is 5.75 Å². The van der Waals surface area contributed by atoms with Gasteiger partial charge in [0, 0.05) is 29.8 Å². The van der Waals surface area contributed by atoms with Crippen LogP contribution >= 0.6 is 0 Å². The average Bonchev–Trinajstić information content (AvgIpc) is 2.80. The van der Waals surface area contributed by atoms with Gasteiger partial charge in [0.25, 0.3) is 5.91 Å². The maximum absolute atomic E-state index is 13.0. The highest BCUT2D eigenvalue weighted by Gasteiger charge is 2.24. The zero-order valence-electron chi connectivity index (χ0n) is 17.1. The number of nitrogens with zero attached hydrogens (tertiary/aromatic N) is 3. The number of phenolic OH excluding ortho intramolecular Hbond substituents is 1. The Labute approximate surface area is 176 Å². The van der Waals surface area contributed by atoms with Gasteiger partial charge in [-0.1, -0.05) is 12.1 Å². The van der Waals surface area contributed by atoms with Crippen LogP contribution in [0, 0.1) is 12.8 Å². The molecular formula is C24H26N4O2. The summed E-state index contributed by atoms with van der Waals surface area (Å²) in [5, 5.41) is 9.77. The van der Waals surface area contributed by atoms with Crippen molar-refractivity contribution in [2.24, 2.45) is 11.7 Å². The van der Waals surface area contributed by atoms with E-state index in [0.29, 0.717) is 18.0 Å². The Morgan fingerprint density at radius 1 is 1.13 bits per heavy atom. The van der Waals surface area contributed by atoms with Crippen molar-refractivity contribution in [3.63, 3.8) is 0 Å². The predicted molar refractivity (Wildman–Crippen MR) is 117 cm³/mol. The number of hydrogen-bond donors (Lipinski definition) is 2. The van der Waals surface area contributed by atoms with Crippen molar-refractivity contribution in [1.82, 2.24) is 14.9 Å². The molecule has 2 heterocycles. The molecule has 0 aliphatic carbocycles. The van der Waals surface area contributed by atoms with E-state index in [-0.39, 0.29) is 11.7 Å². The molecule has 3 aromatic rings. The van der Waals surface area contributed by atoms with Gasteiger partial charge >= 0.3 is 0 Å². The smallest absolute Gasteiger partial charge is 0.253 e. The molecule has 0 spiro atoms. The number of nitrogens with two attached hydrogens (primary N) is 1. The van der Waals surface area contributed by atoms with Gasteiger partial charge in [-0.2, -0.15) is 0 Å². The van der Waals surface area contributed by atoms with Crippen LogP contribution in [-0.4, -0.2) is 45.5 Å². The van der Waals surface area contributed by atoms with E-state index in [0.717, 1.165) is 54.0 Å². The van der Waals surface area contributed by atoms with Gasteiger partial charge in [0.1, 0.15) is 12.1 Å². The Morgan fingerprint density at radius 3 is 2.63 bits per heavy atom. The second kappa shape index (κ2) is 8.63. The number of hydrogen-bond acceptors (Lipinski definition) is 5. The van der Waals surface area contributed by atoms with Gasteiger partial charge in [0.15, 0.2) is 0 Å².